The molecular weight excluding hydrogens is 252 g/mol. The van der Waals surface area contributed by atoms with Gasteiger partial charge in [-0.1, -0.05) is 6.08 Å². The van der Waals surface area contributed by atoms with Crippen LogP contribution >= 0.6 is 0 Å². The van der Waals surface area contributed by atoms with Crippen molar-refractivity contribution in [3.05, 3.63) is 12.3 Å². The summed E-state index contributed by atoms with van der Waals surface area (Å²) in [6.07, 6.45) is 1.42. The van der Waals surface area contributed by atoms with Crippen molar-refractivity contribution in [2.75, 3.05) is 0 Å². The van der Waals surface area contributed by atoms with Crippen LogP contribution in [0.5, 0.6) is 0 Å². The van der Waals surface area contributed by atoms with Gasteiger partial charge in [-0.3, -0.25) is 9.59 Å². The predicted octanol–water partition coefficient (Wildman–Crippen LogP) is 1.53. The zero-order valence-corrected chi connectivity index (χ0v) is 11.6. The Labute approximate surface area is 112 Å². The number of allylic oxidation sites excluding steroid dienone is 1. The van der Waals surface area contributed by atoms with Gasteiger partial charge in [-0.05, 0) is 13.8 Å². The second-order valence-electron chi connectivity index (χ2n) is 4.33. The largest absolute Gasteiger partial charge is 0.473 e. The van der Waals surface area contributed by atoms with Crippen LogP contribution in [-0.2, 0) is 28.5 Å². The number of esters is 2. The lowest BCUT2D eigenvalue weighted by atomic mass is 10.0. The Balaban J connectivity index is 2.74. The van der Waals surface area contributed by atoms with Gasteiger partial charge < -0.3 is 18.9 Å². The SMILES string of the molecule is C/C=C/O[C@H]1C[C@H](OC(C)=O)[C@@H](OC(C)=O)[C@H](C)O1. The molecule has 0 radical (unpaired) electrons. The minimum atomic E-state index is -0.619. The molecule has 19 heavy (non-hydrogen) atoms. The topological polar surface area (TPSA) is 71.1 Å². The van der Waals surface area contributed by atoms with E-state index < -0.39 is 36.5 Å². The molecule has 0 saturated carbocycles. The van der Waals surface area contributed by atoms with E-state index in [4.69, 9.17) is 18.9 Å². The molecule has 0 spiro atoms. The summed E-state index contributed by atoms with van der Waals surface area (Å²) in [5.74, 6) is -0.869. The van der Waals surface area contributed by atoms with Crippen LogP contribution in [0.3, 0.4) is 0 Å². The summed E-state index contributed by atoms with van der Waals surface area (Å²) in [4.78, 5) is 22.2. The van der Waals surface area contributed by atoms with Gasteiger partial charge in [0.2, 0.25) is 6.29 Å². The van der Waals surface area contributed by atoms with Crippen LogP contribution in [0.1, 0.15) is 34.1 Å². The molecule has 1 heterocycles. The van der Waals surface area contributed by atoms with Gasteiger partial charge in [-0.2, -0.15) is 0 Å². The van der Waals surface area contributed by atoms with Gasteiger partial charge in [0, 0.05) is 13.8 Å². The van der Waals surface area contributed by atoms with E-state index in [2.05, 4.69) is 0 Å². The smallest absolute Gasteiger partial charge is 0.303 e. The van der Waals surface area contributed by atoms with Crippen molar-refractivity contribution >= 4 is 11.9 Å². The minimum Gasteiger partial charge on any atom is -0.473 e. The van der Waals surface area contributed by atoms with Gasteiger partial charge in [0.15, 0.2) is 6.10 Å². The van der Waals surface area contributed by atoms with Gasteiger partial charge in [0.1, 0.15) is 6.10 Å². The van der Waals surface area contributed by atoms with Gasteiger partial charge >= 0.3 is 11.9 Å². The lowest BCUT2D eigenvalue weighted by Gasteiger charge is -2.38. The lowest BCUT2D eigenvalue weighted by Crippen LogP contribution is -2.51. The summed E-state index contributed by atoms with van der Waals surface area (Å²) in [6.45, 7) is 6.18. The number of carbonyl (C=O) groups is 2. The van der Waals surface area contributed by atoms with Crippen molar-refractivity contribution in [3.8, 4) is 0 Å². The highest BCUT2D eigenvalue weighted by molar-refractivity contribution is 5.67. The normalized spacial score (nSPS) is 30.9. The molecule has 0 aromatic heterocycles. The Morgan fingerprint density at radius 2 is 1.84 bits per heavy atom. The highest BCUT2D eigenvalue weighted by atomic mass is 16.7. The number of hydrogen-bond acceptors (Lipinski definition) is 6. The first-order chi connectivity index (χ1) is 8.93. The number of carbonyl (C=O) groups excluding carboxylic acids is 2. The fourth-order valence-electron chi connectivity index (χ4n) is 1.94. The molecule has 0 aromatic carbocycles. The van der Waals surface area contributed by atoms with E-state index in [0.717, 1.165) is 0 Å². The maximum atomic E-state index is 11.1. The third-order valence-corrected chi connectivity index (χ3v) is 2.61. The fraction of sp³-hybridized carbons (Fsp3) is 0.692. The average Bonchev–Trinajstić information content (AvgIpc) is 2.30. The molecule has 1 aliphatic rings. The first-order valence-corrected chi connectivity index (χ1v) is 6.20. The van der Waals surface area contributed by atoms with Crippen molar-refractivity contribution in [3.63, 3.8) is 0 Å². The van der Waals surface area contributed by atoms with Crippen molar-refractivity contribution in [2.24, 2.45) is 0 Å². The molecule has 0 N–H and O–H groups in total. The Bertz CT molecular complexity index is 351. The summed E-state index contributed by atoms with van der Waals surface area (Å²) >= 11 is 0. The van der Waals surface area contributed by atoms with E-state index in [1.165, 1.54) is 20.1 Å². The minimum absolute atomic E-state index is 0.312. The van der Waals surface area contributed by atoms with Gasteiger partial charge in [0.25, 0.3) is 0 Å². The maximum Gasteiger partial charge on any atom is 0.303 e. The second kappa shape index (κ2) is 7.13. The Morgan fingerprint density at radius 3 is 2.37 bits per heavy atom. The first-order valence-electron chi connectivity index (χ1n) is 6.20. The van der Waals surface area contributed by atoms with Crippen molar-refractivity contribution < 1.29 is 28.5 Å². The molecule has 0 aliphatic carbocycles. The highest BCUT2D eigenvalue weighted by Crippen LogP contribution is 2.26. The summed E-state index contributed by atoms with van der Waals surface area (Å²) in [5.41, 5.74) is 0. The van der Waals surface area contributed by atoms with Gasteiger partial charge in [-0.25, -0.2) is 0 Å². The molecule has 6 nitrogen and oxygen atoms in total. The molecule has 6 heteroatoms. The average molecular weight is 272 g/mol. The zero-order valence-electron chi connectivity index (χ0n) is 11.6. The molecule has 0 unspecified atom stereocenters. The van der Waals surface area contributed by atoms with Crippen molar-refractivity contribution in [1.29, 1.82) is 0 Å². The second-order valence-corrected chi connectivity index (χ2v) is 4.33. The molecule has 1 saturated heterocycles. The maximum absolute atomic E-state index is 11.1. The third kappa shape index (κ3) is 4.90. The van der Waals surface area contributed by atoms with Crippen LogP contribution in [0.2, 0.25) is 0 Å². The van der Waals surface area contributed by atoms with Crippen molar-refractivity contribution in [2.45, 2.75) is 58.7 Å². The zero-order chi connectivity index (χ0) is 14.4. The molecule has 108 valence electrons. The van der Waals surface area contributed by atoms with E-state index in [0.29, 0.717) is 6.42 Å². The summed E-state index contributed by atoms with van der Waals surface area (Å²) in [7, 11) is 0. The van der Waals surface area contributed by atoms with Gasteiger partial charge in [-0.15, -0.1) is 0 Å². The van der Waals surface area contributed by atoms with E-state index >= 15 is 0 Å². The Morgan fingerprint density at radius 1 is 1.21 bits per heavy atom. The lowest BCUT2D eigenvalue weighted by molar-refractivity contribution is -0.242. The van der Waals surface area contributed by atoms with Crippen LogP contribution < -0.4 is 0 Å². The Hall–Kier alpha value is -1.56. The molecule has 4 atom stereocenters. The summed E-state index contributed by atoms with van der Waals surface area (Å²) in [6, 6.07) is 0. The molecule has 0 aromatic rings. The molecule has 1 rings (SSSR count). The molecule has 0 amide bonds. The van der Waals surface area contributed by atoms with E-state index in [1.54, 1.807) is 13.0 Å². The third-order valence-electron chi connectivity index (χ3n) is 2.61. The van der Waals surface area contributed by atoms with Crippen LogP contribution in [0.4, 0.5) is 0 Å². The molecule has 1 fully saturated rings. The predicted molar refractivity (Wildman–Crippen MR) is 66.0 cm³/mol. The number of ether oxygens (including phenoxy) is 4. The van der Waals surface area contributed by atoms with Crippen LogP contribution in [0.15, 0.2) is 12.3 Å². The highest BCUT2D eigenvalue weighted by Gasteiger charge is 2.41. The first kappa shape index (κ1) is 15.5. The van der Waals surface area contributed by atoms with Crippen LogP contribution in [0, 0.1) is 0 Å². The van der Waals surface area contributed by atoms with E-state index in [1.807, 2.05) is 6.92 Å². The summed E-state index contributed by atoms with van der Waals surface area (Å²) in [5, 5.41) is 0. The number of hydrogen-bond donors (Lipinski definition) is 0. The van der Waals surface area contributed by atoms with E-state index in [-0.39, 0.29) is 0 Å². The monoisotopic (exact) mass is 272 g/mol. The molecule has 1 aliphatic heterocycles. The van der Waals surface area contributed by atoms with E-state index in [9.17, 15) is 9.59 Å². The number of rotatable bonds is 4. The quantitative estimate of drug-likeness (QED) is 0.571. The molecule has 0 bridgehead atoms. The Kier molecular flexibility index (Phi) is 5.82. The fourth-order valence-corrected chi connectivity index (χ4v) is 1.94. The standard InChI is InChI=1S/C13H20O6/c1-5-6-16-12-7-11(18-9(3)14)13(8(2)17-12)19-10(4)15/h5-6,8,11-13H,7H2,1-4H3/b6-5+/t8-,11-,12+,13-/m0/s1. The summed E-state index contributed by atoms with van der Waals surface area (Å²) < 4.78 is 21.2. The van der Waals surface area contributed by atoms with Gasteiger partial charge in [0.05, 0.1) is 18.8 Å². The molecular formula is C13H20O6. The van der Waals surface area contributed by atoms with Crippen LogP contribution in [-0.4, -0.2) is 36.5 Å². The van der Waals surface area contributed by atoms with Crippen molar-refractivity contribution in [1.82, 2.24) is 0 Å². The van der Waals surface area contributed by atoms with Crippen LogP contribution in [0.25, 0.3) is 0 Å².